The highest BCUT2D eigenvalue weighted by Crippen LogP contribution is 2.45. The number of aryl methyl sites for hydroxylation is 1. The maximum Gasteiger partial charge on any atom is 0.350 e. The Hall–Kier alpha value is -4.18. The summed E-state index contributed by atoms with van der Waals surface area (Å²) in [5.74, 6) is -1.26. The number of hydrogen-bond acceptors (Lipinski definition) is 9. The normalized spacial score (nSPS) is 19.4. The molecule has 5 rings (SSSR count). The lowest BCUT2D eigenvalue weighted by Crippen LogP contribution is -2.29. The number of esters is 1. The smallest absolute Gasteiger partial charge is 0.350 e. The highest BCUT2D eigenvalue weighted by atomic mass is 32.1. The third kappa shape index (κ3) is 4.95. The lowest BCUT2D eigenvalue weighted by atomic mass is 9.94. The van der Waals surface area contributed by atoms with Crippen molar-refractivity contribution in [3.63, 3.8) is 0 Å². The van der Waals surface area contributed by atoms with Crippen molar-refractivity contribution in [2.75, 3.05) is 18.1 Å². The van der Waals surface area contributed by atoms with E-state index >= 15 is 0 Å². The lowest BCUT2D eigenvalue weighted by Gasteiger charge is -2.23. The van der Waals surface area contributed by atoms with E-state index < -0.39 is 23.7 Å². The minimum atomic E-state index is -1.01. The van der Waals surface area contributed by atoms with Crippen LogP contribution in [0, 0.1) is 6.92 Å². The molecular weight excluding hydrogens is 532 g/mol. The summed E-state index contributed by atoms with van der Waals surface area (Å²) in [6.07, 6.45) is 1.48. The van der Waals surface area contributed by atoms with E-state index in [1.165, 1.54) is 4.90 Å². The van der Waals surface area contributed by atoms with Gasteiger partial charge in [-0.15, -0.1) is 0 Å². The molecule has 1 aromatic heterocycles. The molecule has 0 unspecified atom stereocenters. The van der Waals surface area contributed by atoms with Crippen molar-refractivity contribution in [3.8, 4) is 11.5 Å². The predicted molar refractivity (Wildman–Crippen MR) is 150 cm³/mol. The number of hydrogen-bond donors (Lipinski definition) is 1. The summed E-state index contributed by atoms with van der Waals surface area (Å²) in [5, 5.41) is 11.7. The number of aliphatic hydroxyl groups is 1. The Morgan fingerprint density at radius 2 is 2.00 bits per heavy atom. The zero-order valence-corrected chi connectivity index (χ0v) is 23.5. The quantitative estimate of drug-likeness (QED) is 0.169. The zero-order chi connectivity index (χ0) is 28.6. The van der Waals surface area contributed by atoms with Crippen LogP contribution >= 0.6 is 11.3 Å². The van der Waals surface area contributed by atoms with Crippen molar-refractivity contribution in [3.05, 3.63) is 75.3 Å². The van der Waals surface area contributed by atoms with Gasteiger partial charge in [-0.2, -0.15) is 0 Å². The number of nitrogens with zero attached hydrogens (tertiary/aromatic N) is 2. The number of aliphatic hydroxyl groups excluding tert-OH is 1. The summed E-state index contributed by atoms with van der Waals surface area (Å²) >= 11 is 0.968. The second-order valence-electron chi connectivity index (χ2n) is 9.68. The number of Topliss-reactive ketones (excluding diaryl/α,β-unsaturated/α-hetero) is 1. The number of carbonyl (C=O) groups is 3. The molecule has 2 aliphatic rings. The molecule has 0 aliphatic carbocycles. The van der Waals surface area contributed by atoms with Gasteiger partial charge in [-0.1, -0.05) is 30.4 Å². The number of thiazole rings is 1. The van der Waals surface area contributed by atoms with Gasteiger partial charge in [0.05, 0.1) is 30.5 Å². The Morgan fingerprint density at radius 3 is 2.75 bits per heavy atom. The van der Waals surface area contributed by atoms with E-state index in [-0.39, 0.29) is 34.1 Å². The fourth-order valence-corrected chi connectivity index (χ4v) is 5.92. The Balaban J connectivity index is 1.66. The van der Waals surface area contributed by atoms with E-state index in [0.717, 1.165) is 29.1 Å². The molecule has 40 heavy (non-hydrogen) atoms. The molecule has 1 saturated heterocycles. The molecular formula is C30H30N2O7S. The molecule has 10 heteroatoms. The molecule has 208 valence electrons. The first kappa shape index (κ1) is 27.4. The molecule has 1 amide bonds. The summed E-state index contributed by atoms with van der Waals surface area (Å²) < 4.78 is 16.7. The van der Waals surface area contributed by atoms with Crippen LogP contribution in [0.2, 0.25) is 0 Å². The van der Waals surface area contributed by atoms with Gasteiger partial charge in [-0.05, 0) is 68.7 Å². The third-order valence-corrected chi connectivity index (χ3v) is 7.85. The molecule has 1 fully saturated rings. The third-order valence-electron chi connectivity index (χ3n) is 6.71. The molecule has 0 spiro atoms. The van der Waals surface area contributed by atoms with Gasteiger partial charge < -0.3 is 19.3 Å². The molecule has 2 atom stereocenters. The van der Waals surface area contributed by atoms with Gasteiger partial charge in [0.15, 0.2) is 5.13 Å². The van der Waals surface area contributed by atoms with Crippen LogP contribution in [0.15, 0.2) is 48.0 Å². The molecule has 2 aromatic carbocycles. The molecule has 1 N–H and O–H groups in total. The largest absolute Gasteiger partial charge is 0.507 e. The maximum atomic E-state index is 13.6. The van der Waals surface area contributed by atoms with Gasteiger partial charge in [-0.3, -0.25) is 14.5 Å². The highest BCUT2D eigenvalue weighted by Gasteiger charge is 2.48. The molecule has 3 aromatic rings. The van der Waals surface area contributed by atoms with Gasteiger partial charge >= 0.3 is 11.9 Å². The summed E-state index contributed by atoms with van der Waals surface area (Å²) in [6.45, 7) is 7.98. The van der Waals surface area contributed by atoms with E-state index in [1.807, 2.05) is 13.8 Å². The summed E-state index contributed by atoms with van der Waals surface area (Å²) in [4.78, 5) is 45.6. The second kappa shape index (κ2) is 11.1. The van der Waals surface area contributed by atoms with Crippen LogP contribution in [0.1, 0.15) is 65.3 Å². The number of ether oxygens (including phenoxy) is 3. The minimum absolute atomic E-state index is 0.00516. The lowest BCUT2D eigenvalue weighted by molar-refractivity contribution is -0.132. The first-order chi connectivity index (χ1) is 19.2. The van der Waals surface area contributed by atoms with Gasteiger partial charge in [-0.25, -0.2) is 9.78 Å². The van der Waals surface area contributed by atoms with Gasteiger partial charge in [0.25, 0.3) is 5.78 Å². The summed E-state index contributed by atoms with van der Waals surface area (Å²) in [6, 6.07) is 11.3. The Morgan fingerprint density at radius 1 is 1.20 bits per heavy atom. The number of benzene rings is 2. The summed E-state index contributed by atoms with van der Waals surface area (Å²) in [7, 11) is 0. The van der Waals surface area contributed by atoms with Crippen molar-refractivity contribution in [1.82, 2.24) is 4.98 Å². The standard InChI is InChI=1S/C30H30N2O7S/c1-5-12-38-21-9-7-8-18(15-21)24-23(25(33)19-10-11-22-20(14-19)13-16(3)39-22)26(34)28(35)32(24)30-31-17(4)27(40-30)29(36)37-6-2/h7-11,14-16,24,33H,5-6,12-13H2,1-4H3/b25-23+/t16-,24-/m1/s1. The topological polar surface area (TPSA) is 115 Å². The second-order valence-corrected chi connectivity index (χ2v) is 10.7. The number of anilines is 1. The monoisotopic (exact) mass is 562 g/mol. The van der Waals surface area contributed by atoms with Crippen LogP contribution < -0.4 is 14.4 Å². The van der Waals surface area contributed by atoms with Crippen LogP contribution in [0.4, 0.5) is 5.13 Å². The predicted octanol–water partition coefficient (Wildman–Crippen LogP) is 5.37. The maximum absolute atomic E-state index is 13.6. The van der Waals surface area contributed by atoms with Crippen LogP contribution in [0.5, 0.6) is 11.5 Å². The van der Waals surface area contributed by atoms with Crippen molar-refractivity contribution in [2.45, 2.75) is 52.7 Å². The van der Waals surface area contributed by atoms with Crippen LogP contribution in [0.25, 0.3) is 5.76 Å². The fourth-order valence-electron chi connectivity index (χ4n) is 4.94. The van der Waals surface area contributed by atoms with E-state index in [9.17, 15) is 19.5 Å². The first-order valence-corrected chi connectivity index (χ1v) is 14.0. The van der Waals surface area contributed by atoms with Gasteiger partial charge in [0, 0.05) is 12.0 Å². The number of amides is 1. The number of carbonyl (C=O) groups excluding carboxylic acids is 3. The van der Waals surface area contributed by atoms with Crippen molar-refractivity contribution in [2.24, 2.45) is 0 Å². The Labute approximate surface area is 236 Å². The first-order valence-electron chi connectivity index (χ1n) is 13.2. The van der Waals surface area contributed by atoms with Crippen molar-refractivity contribution in [1.29, 1.82) is 0 Å². The Bertz CT molecular complexity index is 1530. The number of ketones is 1. The molecule has 0 bridgehead atoms. The fraction of sp³-hybridized carbons (Fsp3) is 0.333. The molecule has 9 nitrogen and oxygen atoms in total. The van der Waals surface area contributed by atoms with E-state index in [1.54, 1.807) is 56.3 Å². The minimum Gasteiger partial charge on any atom is -0.507 e. The van der Waals surface area contributed by atoms with Crippen LogP contribution in [-0.2, 0) is 20.7 Å². The molecule has 2 aliphatic heterocycles. The van der Waals surface area contributed by atoms with Crippen molar-refractivity contribution < 1.29 is 33.7 Å². The van der Waals surface area contributed by atoms with Crippen molar-refractivity contribution >= 4 is 39.9 Å². The number of fused-ring (bicyclic) bond motifs is 1. The van der Waals surface area contributed by atoms with Gasteiger partial charge in [0.2, 0.25) is 0 Å². The average Bonchev–Trinajstić information content (AvgIpc) is 3.59. The molecule has 0 radical (unpaired) electrons. The molecule has 3 heterocycles. The van der Waals surface area contributed by atoms with E-state index in [4.69, 9.17) is 14.2 Å². The molecule has 0 saturated carbocycles. The summed E-state index contributed by atoms with van der Waals surface area (Å²) in [5.41, 5.74) is 2.17. The van der Waals surface area contributed by atoms with Gasteiger partial charge in [0.1, 0.15) is 28.2 Å². The zero-order valence-electron chi connectivity index (χ0n) is 22.7. The highest BCUT2D eigenvalue weighted by molar-refractivity contribution is 7.17. The van der Waals surface area contributed by atoms with E-state index in [0.29, 0.717) is 35.6 Å². The Kier molecular flexibility index (Phi) is 7.62. The number of rotatable bonds is 8. The van der Waals surface area contributed by atoms with Crippen LogP contribution in [0.3, 0.4) is 0 Å². The number of aromatic nitrogens is 1. The van der Waals surface area contributed by atoms with E-state index in [2.05, 4.69) is 4.98 Å². The SMILES string of the molecule is CCCOc1cccc([C@@H]2/C(=C(\O)c3ccc4c(c3)C[C@@H](C)O4)C(=O)C(=O)N2c2nc(C)c(C(=O)OCC)s2)c1. The average molecular weight is 563 g/mol. The van der Waals surface area contributed by atoms with Crippen LogP contribution in [-0.4, -0.2) is 47.1 Å².